The molecule has 0 spiro atoms. The smallest absolute Gasteiger partial charge is 0.258 e. The van der Waals surface area contributed by atoms with Gasteiger partial charge in [-0.25, -0.2) is 0 Å². The van der Waals surface area contributed by atoms with Gasteiger partial charge < -0.3 is 10.2 Å². The predicted molar refractivity (Wildman–Crippen MR) is 83.8 cm³/mol. The van der Waals surface area contributed by atoms with E-state index in [9.17, 15) is 19.8 Å². The number of rotatable bonds is 2. The van der Waals surface area contributed by atoms with Crippen LogP contribution in [0.4, 0.5) is 0 Å². The molecule has 1 fully saturated rings. The Kier molecular flexibility index (Phi) is 3.88. The normalized spacial score (nSPS) is 24.8. The van der Waals surface area contributed by atoms with E-state index in [1.807, 2.05) is 6.07 Å². The highest BCUT2D eigenvalue weighted by molar-refractivity contribution is 6.04. The maximum Gasteiger partial charge on any atom is 0.258 e. The minimum absolute atomic E-state index is 0.0381. The highest BCUT2D eigenvalue weighted by Gasteiger charge is 2.47. The number of aliphatic hydroxyl groups excluding tert-OH is 1. The molecule has 3 unspecified atom stereocenters. The number of aromatic hydroxyl groups is 1. The van der Waals surface area contributed by atoms with Crippen LogP contribution in [0.25, 0.3) is 0 Å². The van der Waals surface area contributed by atoms with Crippen LogP contribution in [-0.4, -0.2) is 40.1 Å². The number of carbonyl (C=O) groups excluding carboxylic acids is 2. The Hall–Kier alpha value is -2.66. The molecule has 2 aromatic rings. The number of likely N-dealkylation sites (N-methyl/N-ethyl adjacent to an activating group) is 1. The lowest BCUT2D eigenvalue weighted by Gasteiger charge is -2.38. The molecule has 118 valence electrons. The van der Waals surface area contributed by atoms with E-state index < -0.39 is 23.8 Å². The lowest BCUT2D eigenvalue weighted by Crippen LogP contribution is -2.53. The van der Waals surface area contributed by atoms with Crippen LogP contribution in [0.2, 0.25) is 0 Å². The zero-order valence-electron chi connectivity index (χ0n) is 12.6. The van der Waals surface area contributed by atoms with Crippen LogP contribution >= 0.6 is 0 Å². The summed E-state index contributed by atoms with van der Waals surface area (Å²) in [6.45, 7) is 0. The number of hydrogen-bond acceptors (Lipinski definition) is 4. The molecule has 0 radical (unpaired) electrons. The van der Waals surface area contributed by atoms with Gasteiger partial charge in [-0.05, 0) is 23.3 Å². The summed E-state index contributed by atoms with van der Waals surface area (Å²) in [5.41, 5.74) is 1.28. The van der Waals surface area contributed by atoms with Crippen LogP contribution in [0.15, 0.2) is 54.6 Å². The van der Waals surface area contributed by atoms with Gasteiger partial charge >= 0.3 is 0 Å². The first kappa shape index (κ1) is 15.2. The van der Waals surface area contributed by atoms with Crippen molar-refractivity contribution in [2.75, 3.05) is 7.05 Å². The van der Waals surface area contributed by atoms with E-state index in [4.69, 9.17) is 0 Å². The molecule has 23 heavy (non-hydrogen) atoms. The summed E-state index contributed by atoms with van der Waals surface area (Å²) in [5, 5.41) is 20.2. The SMILES string of the molecule is CN1C(=O)C(O)C(c2ccccc2)C(c2cccc(O)c2)C1=O. The van der Waals surface area contributed by atoms with Crippen molar-refractivity contribution in [3.63, 3.8) is 0 Å². The number of nitrogens with zero attached hydrogens (tertiary/aromatic N) is 1. The third kappa shape index (κ3) is 2.59. The number of phenolic OH excluding ortho intramolecular Hbond substituents is 1. The fourth-order valence-electron chi connectivity index (χ4n) is 3.12. The van der Waals surface area contributed by atoms with E-state index in [0.717, 1.165) is 4.90 Å². The van der Waals surface area contributed by atoms with Crippen molar-refractivity contribution >= 4 is 11.8 Å². The maximum atomic E-state index is 12.7. The van der Waals surface area contributed by atoms with Crippen molar-refractivity contribution in [3.8, 4) is 5.75 Å². The Bertz CT molecular complexity index is 744. The lowest BCUT2D eigenvalue weighted by molar-refractivity contribution is -0.157. The van der Waals surface area contributed by atoms with Crippen LogP contribution < -0.4 is 0 Å². The van der Waals surface area contributed by atoms with E-state index in [1.165, 1.54) is 19.2 Å². The Morgan fingerprint density at radius 1 is 0.913 bits per heavy atom. The summed E-state index contributed by atoms with van der Waals surface area (Å²) in [6, 6.07) is 15.4. The molecule has 0 bridgehead atoms. The topological polar surface area (TPSA) is 77.8 Å². The van der Waals surface area contributed by atoms with Gasteiger partial charge in [0.25, 0.3) is 5.91 Å². The summed E-state index contributed by atoms with van der Waals surface area (Å²) in [6.07, 6.45) is -1.31. The second-order valence-corrected chi connectivity index (χ2v) is 5.69. The van der Waals surface area contributed by atoms with E-state index in [2.05, 4.69) is 0 Å². The number of piperidine rings is 1. The average Bonchev–Trinajstić information content (AvgIpc) is 2.56. The van der Waals surface area contributed by atoms with E-state index in [0.29, 0.717) is 11.1 Å². The highest BCUT2D eigenvalue weighted by atomic mass is 16.3. The highest BCUT2D eigenvalue weighted by Crippen LogP contribution is 2.41. The van der Waals surface area contributed by atoms with E-state index >= 15 is 0 Å². The lowest BCUT2D eigenvalue weighted by atomic mass is 9.74. The largest absolute Gasteiger partial charge is 0.508 e. The molecule has 1 aliphatic rings. The first-order valence-corrected chi connectivity index (χ1v) is 7.34. The van der Waals surface area contributed by atoms with Crippen LogP contribution in [0.1, 0.15) is 23.0 Å². The Morgan fingerprint density at radius 3 is 2.22 bits per heavy atom. The third-order valence-corrected chi connectivity index (χ3v) is 4.29. The average molecular weight is 311 g/mol. The van der Waals surface area contributed by atoms with Crippen molar-refractivity contribution in [3.05, 3.63) is 65.7 Å². The fourth-order valence-corrected chi connectivity index (χ4v) is 3.12. The monoisotopic (exact) mass is 311 g/mol. The molecule has 2 aromatic carbocycles. The minimum atomic E-state index is -1.31. The van der Waals surface area contributed by atoms with Gasteiger partial charge in [0.15, 0.2) is 0 Å². The molecular weight excluding hydrogens is 294 g/mol. The number of likely N-dealkylation sites (tertiary alicyclic amines) is 1. The van der Waals surface area contributed by atoms with Crippen LogP contribution in [-0.2, 0) is 9.59 Å². The summed E-state index contributed by atoms with van der Waals surface area (Å²) in [5.74, 6) is -2.38. The molecular formula is C18H17NO4. The maximum absolute atomic E-state index is 12.7. The molecule has 1 aliphatic heterocycles. The Morgan fingerprint density at radius 2 is 1.57 bits per heavy atom. The summed E-state index contributed by atoms with van der Waals surface area (Å²) in [4.78, 5) is 25.8. The zero-order chi connectivity index (χ0) is 16.6. The van der Waals surface area contributed by atoms with Crippen LogP contribution in [0, 0.1) is 0 Å². The first-order chi connectivity index (χ1) is 11.0. The van der Waals surface area contributed by atoms with Gasteiger partial charge in [0.05, 0.1) is 5.92 Å². The van der Waals surface area contributed by atoms with Crippen molar-refractivity contribution in [2.24, 2.45) is 0 Å². The Balaban J connectivity index is 2.14. The third-order valence-electron chi connectivity index (χ3n) is 4.29. The zero-order valence-corrected chi connectivity index (χ0v) is 12.6. The van der Waals surface area contributed by atoms with Crippen molar-refractivity contribution < 1.29 is 19.8 Å². The summed E-state index contributed by atoms with van der Waals surface area (Å²) >= 11 is 0. The molecule has 3 rings (SSSR count). The first-order valence-electron chi connectivity index (χ1n) is 7.34. The molecule has 1 heterocycles. The molecule has 0 aliphatic carbocycles. The van der Waals surface area contributed by atoms with Gasteiger partial charge in [0.2, 0.25) is 5.91 Å². The van der Waals surface area contributed by atoms with Crippen LogP contribution in [0.3, 0.4) is 0 Å². The number of benzene rings is 2. The molecule has 5 heteroatoms. The fraction of sp³-hybridized carbons (Fsp3) is 0.222. The van der Waals surface area contributed by atoms with Gasteiger partial charge in [0, 0.05) is 13.0 Å². The second kappa shape index (κ2) is 5.85. The molecule has 5 nitrogen and oxygen atoms in total. The molecule has 3 atom stereocenters. The summed E-state index contributed by atoms with van der Waals surface area (Å²) < 4.78 is 0. The number of phenols is 1. The predicted octanol–water partition coefficient (Wildman–Crippen LogP) is 1.62. The van der Waals surface area contributed by atoms with Crippen molar-refractivity contribution in [1.82, 2.24) is 4.90 Å². The number of imide groups is 1. The van der Waals surface area contributed by atoms with E-state index in [1.54, 1.807) is 36.4 Å². The van der Waals surface area contributed by atoms with Gasteiger partial charge in [-0.2, -0.15) is 0 Å². The Labute approximate surface area is 133 Å². The number of hydrogen-bond donors (Lipinski definition) is 2. The van der Waals surface area contributed by atoms with Gasteiger partial charge in [-0.15, -0.1) is 0 Å². The minimum Gasteiger partial charge on any atom is -0.508 e. The standard InChI is InChI=1S/C18H17NO4/c1-19-17(22)15(12-8-5-9-13(20)10-12)14(16(21)18(19)23)11-6-3-2-4-7-11/h2-10,14-16,20-21H,1H3. The molecule has 0 aromatic heterocycles. The molecule has 2 N–H and O–H groups in total. The molecule has 2 amide bonds. The number of amides is 2. The van der Waals surface area contributed by atoms with Crippen molar-refractivity contribution in [1.29, 1.82) is 0 Å². The molecule has 1 saturated heterocycles. The van der Waals surface area contributed by atoms with Crippen LogP contribution in [0.5, 0.6) is 5.75 Å². The quantitative estimate of drug-likeness (QED) is 0.826. The number of carbonyl (C=O) groups is 2. The van der Waals surface area contributed by atoms with E-state index in [-0.39, 0.29) is 11.7 Å². The van der Waals surface area contributed by atoms with Gasteiger partial charge in [-0.1, -0.05) is 42.5 Å². The number of aliphatic hydroxyl groups is 1. The summed E-state index contributed by atoms with van der Waals surface area (Å²) in [7, 11) is 1.37. The van der Waals surface area contributed by atoms with Gasteiger partial charge in [-0.3, -0.25) is 14.5 Å². The second-order valence-electron chi connectivity index (χ2n) is 5.69. The van der Waals surface area contributed by atoms with Crippen molar-refractivity contribution in [2.45, 2.75) is 17.9 Å². The van der Waals surface area contributed by atoms with Gasteiger partial charge in [0.1, 0.15) is 11.9 Å². The molecule has 0 saturated carbocycles.